The summed E-state index contributed by atoms with van der Waals surface area (Å²) in [6.07, 6.45) is 0.963. The largest absolute Gasteiger partial charge is 0.462 e. The van der Waals surface area contributed by atoms with Crippen molar-refractivity contribution in [3.8, 4) is 16.9 Å². The molecule has 3 aromatic rings. The second-order valence-electron chi connectivity index (χ2n) is 10.3. The normalized spacial score (nSPS) is 20.3. The van der Waals surface area contributed by atoms with Crippen molar-refractivity contribution in [3.05, 3.63) is 87.2 Å². The summed E-state index contributed by atoms with van der Waals surface area (Å²) in [7, 11) is -1.76. The van der Waals surface area contributed by atoms with Gasteiger partial charge in [0, 0.05) is 18.2 Å². The number of aryl methyl sites for hydroxylation is 1. The molecule has 4 unspecified atom stereocenters. The number of carbonyl (C=O) groups excluding carboxylic acids is 1. The molecule has 5 atom stereocenters. The number of ether oxygens (including phenoxy) is 2. The summed E-state index contributed by atoms with van der Waals surface area (Å²) in [5, 5.41) is 3.11. The Bertz CT molecular complexity index is 1390. The molecule has 214 valence electrons. The zero-order valence-corrected chi connectivity index (χ0v) is 24.2. The van der Waals surface area contributed by atoms with E-state index in [0.717, 1.165) is 11.1 Å². The van der Waals surface area contributed by atoms with Gasteiger partial charge >= 0.3 is 20.2 Å². The molecule has 0 saturated carbocycles. The summed E-state index contributed by atoms with van der Waals surface area (Å²) < 4.78 is 25.1. The molecule has 1 aromatic heterocycles. The van der Waals surface area contributed by atoms with E-state index in [-0.39, 0.29) is 24.7 Å². The van der Waals surface area contributed by atoms with E-state index in [1.165, 1.54) is 22.4 Å². The van der Waals surface area contributed by atoms with Crippen LogP contribution in [0.2, 0.25) is 0 Å². The first-order chi connectivity index (χ1) is 19.1. The van der Waals surface area contributed by atoms with Gasteiger partial charge in [-0.25, -0.2) is 9.88 Å². The Labute approximate surface area is 234 Å². The van der Waals surface area contributed by atoms with Crippen LogP contribution in [0.4, 0.5) is 0 Å². The third kappa shape index (κ3) is 7.88. The molecule has 4 rings (SSSR count). The maximum absolute atomic E-state index is 12.5. The lowest BCUT2D eigenvalue weighted by molar-refractivity contribution is -0.149. The van der Waals surface area contributed by atoms with Crippen molar-refractivity contribution in [1.29, 1.82) is 0 Å². The smallest absolute Gasteiger partial charge is 0.330 e. The standard InChI is InChI=1S/C29H36N3O7P/c1-18(2)37-28(34)21(5)31-40(39-24-12-10-23(11-13-24)22-8-6-19(3)7-9-22)36-17-25-16-20(4)27(38-25)32-15-14-26(33)30-29(32)35/h6-15,18,20-21,25,27,31H,16-17H2,1-5H3,(H,30,33,35)/t20?,21-,25?,27?,40?/m0/s1. The van der Waals surface area contributed by atoms with Crippen molar-refractivity contribution < 1.29 is 23.3 Å². The minimum atomic E-state index is -1.76. The Kier molecular flexibility index (Phi) is 9.92. The fourth-order valence-electron chi connectivity index (χ4n) is 4.33. The van der Waals surface area contributed by atoms with Gasteiger partial charge in [-0.05, 0) is 57.4 Å². The number of hydrogen-bond acceptors (Lipinski definition) is 8. The van der Waals surface area contributed by atoms with Crippen LogP contribution in [-0.2, 0) is 18.8 Å². The molecule has 10 nitrogen and oxygen atoms in total. The summed E-state index contributed by atoms with van der Waals surface area (Å²) >= 11 is 0. The quantitative estimate of drug-likeness (QED) is 0.252. The van der Waals surface area contributed by atoms with Crippen molar-refractivity contribution in [2.75, 3.05) is 6.61 Å². The first-order valence-electron chi connectivity index (χ1n) is 13.3. The topological polar surface area (TPSA) is 121 Å². The maximum Gasteiger partial charge on any atom is 0.330 e. The van der Waals surface area contributed by atoms with E-state index in [2.05, 4.69) is 41.3 Å². The predicted octanol–water partition coefficient (Wildman–Crippen LogP) is 4.69. The van der Waals surface area contributed by atoms with E-state index >= 15 is 0 Å². The van der Waals surface area contributed by atoms with Crippen molar-refractivity contribution in [1.82, 2.24) is 14.6 Å². The number of carbonyl (C=O) groups is 1. The minimum absolute atomic E-state index is 0.00608. The van der Waals surface area contributed by atoms with Gasteiger partial charge in [-0.15, -0.1) is 0 Å². The van der Waals surface area contributed by atoms with E-state index in [4.69, 9.17) is 18.5 Å². The van der Waals surface area contributed by atoms with Gasteiger partial charge in [0.25, 0.3) is 5.56 Å². The van der Waals surface area contributed by atoms with Crippen LogP contribution in [0.5, 0.6) is 5.75 Å². The molecule has 1 aliphatic heterocycles. The van der Waals surface area contributed by atoms with Crippen LogP contribution in [0.25, 0.3) is 11.1 Å². The van der Waals surface area contributed by atoms with Crippen LogP contribution in [0, 0.1) is 12.8 Å². The van der Waals surface area contributed by atoms with Crippen LogP contribution in [0.15, 0.2) is 70.4 Å². The number of benzene rings is 2. The number of H-pyrrole nitrogens is 1. The number of aromatic amines is 1. The average molecular weight is 570 g/mol. The second-order valence-corrected chi connectivity index (χ2v) is 11.5. The van der Waals surface area contributed by atoms with Crippen molar-refractivity contribution >= 4 is 14.5 Å². The molecule has 1 saturated heterocycles. The summed E-state index contributed by atoms with van der Waals surface area (Å²) in [6.45, 7) is 9.47. The highest BCUT2D eigenvalue weighted by atomic mass is 31.2. The van der Waals surface area contributed by atoms with Gasteiger partial charge in [0.15, 0.2) is 0 Å². The van der Waals surface area contributed by atoms with Crippen molar-refractivity contribution in [2.24, 2.45) is 5.92 Å². The molecule has 1 aliphatic rings. The molecule has 11 heteroatoms. The Morgan fingerprint density at radius 2 is 1.73 bits per heavy atom. The molecular formula is C29H36N3O7P. The molecule has 2 N–H and O–H groups in total. The number of hydrogen-bond donors (Lipinski definition) is 2. The fraction of sp³-hybridized carbons (Fsp3) is 0.414. The Balaban J connectivity index is 1.43. The zero-order valence-electron chi connectivity index (χ0n) is 23.3. The van der Waals surface area contributed by atoms with Crippen molar-refractivity contribution in [3.63, 3.8) is 0 Å². The van der Waals surface area contributed by atoms with E-state index in [9.17, 15) is 14.4 Å². The molecular weight excluding hydrogens is 533 g/mol. The van der Waals surface area contributed by atoms with Gasteiger partial charge in [0.05, 0.1) is 18.8 Å². The Morgan fingerprint density at radius 1 is 1.07 bits per heavy atom. The van der Waals surface area contributed by atoms with Crippen LogP contribution < -0.4 is 20.9 Å². The third-order valence-corrected chi connectivity index (χ3v) is 7.75. The molecule has 0 radical (unpaired) electrons. The average Bonchev–Trinajstić information content (AvgIpc) is 3.27. The van der Waals surface area contributed by atoms with Crippen LogP contribution in [0.3, 0.4) is 0 Å². The van der Waals surface area contributed by atoms with Gasteiger partial charge in [0.2, 0.25) is 0 Å². The summed E-state index contributed by atoms with van der Waals surface area (Å²) in [6, 6.07) is 16.6. The lowest BCUT2D eigenvalue weighted by Crippen LogP contribution is -2.35. The number of esters is 1. The highest BCUT2D eigenvalue weighted by Gasteiger charge is 2.35. The zero-order chi connectivity index (χ0) is 28.8. The maximum atomic E-state index is 12.5. The molecule has 40 heavy (non-hydrogen) atoms. The molecule has 0 amide bonds. The van der Waals surface area contributed by atoms with Crippen molar-refractivity contribution in [2.45, 2.75) is 65.5 Å². The number of nitrogens with one attached hydrogen (secondary N) is 2. The summed E-state index contributed by atoms with van der Waals surface area (Å²) in [5.74, 6) is 0.177. The van der Waals surface area contributed by atoms with Crippen LogP contribution in [0.1, 0.15) is 45.9 Å². The van der Waals surface area contributed by atoms with Gasteiger partial charge in [-0.1, -0.05) is 48.9 Å². The van der Waals surface area contributed by atoms with E-state index < -0.39 is 38.0 Å². The monoisotopic (exact) mass is 569 g/mol. The first kappa shape index (κ1) is 29.7. The predicted molar refractivity (Wildman–Crippen MR) is 153 cm³/mol. The third-order valence-electron chi connectivity index (χ3n) is 6.39. The van der Waals surface area contributed by atoms with Gasteiger partial charge in [-0.2, -0.15) is 0 Å². The second kappa shape index (κ2) is 13.4. The van der Waals surface area contributed by atoms with Gasteiger partial charge in [-0.3, -0.25) is 19.1 Å². The fourth-order valence-corrected chi connectivity index (χ4v) is 5.55. The molecule has 0 spiro atoms. The molecule has 0 bridgehead atoms. The SMILES string of the molecule is Cc1ccc(-c2ccc(OP(N[C@@H](C)C(=O)OC(C)C)OCC3CC(C)C(n4ccc(=O)[nH]c4=O)O3)cc2)cc1. The number of aromatic nitrogens is 2. The lowest BCUT2D eigenvalue weighted by atomic mass is 10.0. The summed E-state index contributed by atoms with van der Waals surface area (Å²) in [5.41, 5.74) is 2.36. The molecule has 1 fully saturated rings. The van der Waals surface area contributed by atoms with E-state index in [1.807, 2.05) is 31.2 Å². The van der Waals surface area contributed by atoms with E-state index in [0.29, 0.717) is 12.2 Å². The minimum Gasteiger partial charge on any atom is -0.462 e. The molecule has 2 heterocycles. The highest BCUT2D eigenvalue weighted by Crippen LogP contribution is 2.40. The molecule has 2 aromatic carbocycles. The molecule has 0 aliphatic carbocycles. The summed E-state index contributed by atoms with van der Waals surface area (Å²) in [4.78, 5) is 38.4. The van der Waals surface area contributed by atoms with Crippen LogP contribution in [-0.4, -0.2) is 40.4 Å². The van der Waals surface area contributed by atoms with Crippen LogP contribution >= 0.6 is 8.53 Å². The first-order valence-corrected chi connectivity index (χ1v) is 14.5. The highest BCUT2D eigenvalue weighted by molar-refractivity contribution is 7.45. The Hall–Kier alpha value is -3.30. The Morgan fingerprint density at radius 3 is 2.35 bits per heavy atom. The van der Waals surface area contributed by atoms with Gasteiger partial charge in [0.1, 0.15) is 18.0 Å². The number of nitrogens with zero attached hydrogens (tertiary/aromatic N) is 1. The number of rotatable bonds is 11. The van der Waals surface area contributed by atoms with Gasteiger partial charge < -0.3 is 18.5 Å². The lowest BCUT2D eigenvalue weighted by Gasteiger charge is -2.24. The van der Waals surface area contributed by atoms with E-state index in [1.54, 1.807) is 20.8 Å².